The Morgan fingerprint density at radius 3 is 2.80 bits per heavy atom. The Morgan fingerprint density at radius 1 is 1.37 bits per heavy atom. The minimum atomic E-state index is -0.327. The Balaban J connectivity index is 1.85. The summed E-state index contributed by atoms with van der Waals surface area (Å²) >= 11 is 10.3. The smallest absolute Gasteiger partial charge is 0.249 e. The molecule has 156 valence electrons. The first-order valence-electron chi connectivity index (χ1n) is 9.37. The van der Waals surface area contributed by atoms with E-state index in [1.54, 1.807) is 26.4 Å². The van der Waals surface area contributed by atoms with Crippen molar-refractivity contribution in [3.63, 3.8) is 0 Å². The van der Waals surface area contributed by atoms with Crippen LogP contribution in [0.25, 0.3) is 6.08 Å². The number of amides is 1. The summed E-state index contributed by atoms with van der Waals surface area (Å²) in [5.74, 6) is 1.37. The highest BCUT2D eigenvalue weighted by atomic mass is 79.9. The van der Waals surface area contributed by atoms with E-state index < -0.39 is 0 Å². The van der Waals surface area contributed by atoms with Crippen molar-refractivity contribution in [2.75, 3.05) is 19.5 Å². The molecule has 5 nitrogen and oxygen atoms in total. The van der Waals surface area contributed by atoms with Crippen LogP contribution in [-0.2, 0) is 17.6 Å². The Hall–Kier alpha value is -2.21. The molecule has 0 spiro atoms. The highest BCUT2D eigenvalue weighted by molar-refractivity contribution is 9.10. The Bertz CT molecular complexity index is 1120. The maximum absolute atomic E-state index is 12.5. The first kappa shape index (κ1) is 22.5. The summed E-state index contributed by atoms with van der Waals surface area (Å²) in [6.45, 7) is 2.20. The fraction of sp³-hybridized carbons (Fsp3) is 0.318. The van der Waals surface area contributed by atoms with Gasteiger partial charge < -0.3 is 14.8 Å². The maximum atomic E-state index is 12.5. The normalized spacial score (nSPS) is 15.4. The van der Waals surface area contributed by atoms with E-state index in [0.717, 1.165) is 44.2 Å². The van der Waals surface area contributed by atoms with E-state index >= 15 is 0 Å². The van der Waals surface area contributed by atoms with Gasteiger partial charge in [-0.2, -0.15) is 5.26 Å². The monoisotopic (exact) mass is 504 g/mol. The van der Waals surface area contributed by atoms with Crippen molar-refractivity contribution in [3.8, 4) is 17.6 Å². The Labute approximate surface area is 193 Å². The average molecular weight is 505 g/mol. The molecule has 0 fully saturated rings. The quantitative estimate of drug-likeness (QED) is 0.404. The van der Waals surface area contributed by atoms with E-state index in [4.69, 9.17) is 21.7 Å². The number of carbonyl (C=O) groups is 1. The molecule has 1 atom stereocenters. The van der Waals surface area contributed by atoms with Gasteiger partial charge in [-0.25, -0.2) is 0 Å². The predicted octanol–water partition coefficient (Wildman–Crippen LogP) is 5.91. The largest absolute Gasteiger partial charge is 0.493 e. The second-order valence-corrected chi connectivity index (χ2v) is 9.61. The van der Waals surface area contributed by atoms with E-state index in [-0.39, 0.29) is 5.91 Å². The lowest BCUT2D eigenvalue weighted by atomic mass is 9.85. The number of halogens is 1. The van der Waals surface area contributed by atoms with Crippen LogP contribution < -0.4 is 14.8 Å². The molecule has 1 N–H and O–H groups in total. The number of nitrogens with zero attached hydrogens (tertiary/aromatic N) is 1. The minimum Gasteiger partial charge on any atom is -0.493 e. The summed E-state index contributed by atoms with van der Waals surface area (Å²) in [5, 5.41) is 13.1. The zero-order chi connectivity index (χ0) is 21.8. The van der Waals surface area contributed by atoms with Gasteiger partial charge in [0.05, 0.1) is 28.1 Å². The molecule has 0 radical (unpaired) electrons. The standard InChI is InChI=1S/C22H21BrN2O3S2/c1-12-4-6-14-15(8-12)22(29)30-21(16(14)11-24)25-19(26)7-5-13-9-17(23)20(28-3)18(10-13)27-2/h5,7,9-10,12H,4,6,8H2,1-3H3,(H,25,26)/b7-5+. The number of hydrogen-bond acceptors (Lipinski definition) is 6. The second kappa shape index (κ2) is 9.73. The molecule has 0 aliphatic heterocycles. The van der Waals surface area contributed by atoms with Gasteiger partial charge in [0.1, 0.15) is 11.1 Å². The van der Waals surface area contributed by atoms with Gasteiger partial charge >= 0.3 is 0 Å². The van der Waals surface area contributed by atoms with Gasteiger partial charge in [-0.3, -0.25) is 4.79 Å². The lowest BCUT2D eigenvalue weighted by molar-refractivity contribution is -0.111. The third kappa shape index (κ3) is 4.75. The van der Waals surface area contributed by atoms with E-state index in [9.17, 15) is 10.1 Å². The summed E-state index contributed by atoms with van der Waals surface area (Å²) in [6, 6.07) is 5.87. The molecule has 2 aromatic rings. The zero-order valence-corrected chi connectivity index (χ0v) is 20.1. The van der Waals surface area contributed by atoms with Gasteiger partial charge in [0.25, 0.3) is 0 Å². The summed E-state index contributed by atoms with van der Waals surface area (Å²) in [7, 11) is 3.12. The molecule has 8 heteroatoms. The number of rotatable bonds is 5. The SMILES string of the molecule is COc1cc(/C=C/C(=O)Nc2sc(=S)c3c(c2C#N)CCC(C)C3)cc(Br)c1OC. The number of fused-ring (bicyclic) bond motifs is 1. The lowest BCUT2D eigenvalue weighted by Gasteiger charge is -2.23. The lowest BCUT2D eigenvalue weighted by Crippen LogP contribution is -2.15. The van der Waals surface area contributed by atoms with Crippen LogP contribution in [0, 0.1) is 21.1 Å². The van der Waals surface area contributed by atoms with Crippen LogP contribution in [0.3, 0.4) is 0 Å². The van der Waals surface area contributed by atoms with Crippen LogP contribution in [-0.4, -0.2) is 20.1 Å². The summed E-state index contributed by atoms with van der Waals surface area (Å²) in [6.07, 6.45) is 5.82. The molecule has 1 aromatic carbocycles. The fourth-order valence-corrected chi connectivity index (χ4v) is 5.52. The molecule has 1 unspecified atom stereocenters. The molecule has 0 bridgehead atoms. The highest BCUT2D eigenvalue weighted by Crippen LogP contribution is 2.37. The van der Waals surface area contributed by atoms with Gasteiger partial charge in [0, 0.05) is 6.08 Å². The van der Waals surface area contributed by atoms with Crippen molar-refractivity contribution in [1.82, 2.24) is 0 Å². The minimum absolute atomic E-state index is 0.327. The number of benzene rings is 1. The summed E-state index contributed by atoms with van der Waals surface area (Å²) < 4.78 is 12.1. The van der Waals surface area contributed by atoms with Crippen LogP contribution in [0.4, 0.5) is 5.00 Å². The van der Waals surface area contributed by atoms with E-state index in [1.807, 2.05) is 6.07 Å². The van der Waals surface area contributed by atoms with Crippen molar-refractivity contribution < 1.29 is 14.3 Å². The van der Waals surface area contributed by atoms with Crippen molar-refractivity contribution in [3.05, 3.63) is 48.8 Å². The number of nitriles is 1. The number of carbonyl (C=O) groups excluding carboxylic acids is 1. The number of anilines is 1. The van der Waals surface area contributed by atoms with Crippen LogP contribution in [0.15, 0.2) is 22.7 Å². The number of hydrogen-bond donors (Lipinski definition) is 1. The number of ether oxygens (including phenoxy) is 2. The molecule has 1 heterocycles. The fourth-order valence-electron chi connectivity index (χ4n) is 3.51. The molecule has 3 rings (SSSR count). The van der Waals surface area contributed by atoms with Crippen LogP contribution in [0.1, 0.15) is 35.6 Å². The third-order valence-electron chi connectivity index (χ3n) is 5.01. The van der Waals surface area contributed by atoms with Gasteiger partial charge in [-0.05, 0) is 76.0 Å². The third-order valence-corrected chi connectivity index (χ3v) is 7.03. The van der Waals surface area contributed by atoms with Gasteiger partial charge in [0.15, 0.2) is 11.5 Å². The van der Waals surface area contributed by atoms with Gasteiger partial charge in [-0.1, -0.05) is 19.1 Å². The number of methoxy groups -OCH3 is 2. The van der Waals surface area contributed by atoms with E-state index in [2.05, 4.69) is 34.2 Å². The first-order chi connectivity index (χ1) is 14.4. The molecule has 1 amide bonds. The van der Waals surface area contributed by atoms with Gasteiger partial charge in [-0.15, -0.1) is 11.3 Å². The molecule has 30 heavy (non-hydrogen) atoms. The number of nitrogens with one attached hydrogen (secondary N) is 1. The Morgan fingerprint density at radius 2 is 2.13 bits per heavy atom. The first-order valence-corrected chi connectivity index (χ1v) is 11.4. The molecule has 1 aliphatic rings. The molecular weight excluding hydrogens is 484 g/mol. The maximum Gasteiger partial charge on any atom is 0.249 e. The molecular formula is C22H21BrN2O3S2. The molecule has 0 saturated heterocycles. The topological polar surface area (TPSA) is 71.3 Å². The second-order valence-electron chi connectivity index (χ2n) is 7.07. The van der Waals surface area contributed by atoms with Crippen molar-refractivity contribution >= 4 is 56.5 Å². The predicted molar refractivity (Wildman–Crippen MR) is 126 cm³/mol. The highest BCUT2D eigenvalue weighted by Gasteiger charge is 2.23. The van der Waals surface area contributed by atoms with Crippen LogP contribution >= 0.6 is 39.5 Å². The van der Waals surface area contributed by atoms with Gasteiger partial charge in [0.2, 0.25) is 5.91 Å². The van der Waals surface area contributed by atoms with E-state index in [0.29, 0.717) is 28.0 Å². The Kier molecular flexibility index (Phi) is 7.29. The molecule has 0 saturated carbocycles. The molecule has 1 aromatic heterocycles. The average Bonchev–Trinajstić information content (AvgIpc) is 2.72. The van der Waals surface area contributed by atoms with Crippen molar-refractivity contribution in [2.24, 2.45) is 5.92 Å². The van der Waals surface area contributed by atoms with Crippen molar-refractivity contribution in [2.45, 2.75) is 26.2 Å². The summed E-state index contributed by atoms with van der Waals surface area (Å²) in [5.41, 5.74) is 3.38. The van der Waals surface area contributed by atoms with Crippen LogP contribution in [0.2, 0.25) is 0 Å². The summed E-state index contributed by atoms with van der Waals surface area (Å²) in [4.78, 5) is 12.5. The van der Waals surface area contributed by atoms with Crippen molar-refractivity contribution in [1.29, 1.82) is 5.26 Å². The zero-order valence-electron chi connectivity index (χ0n) is 16.9. The molecule has 1 aliphatic carbocycles. The van der Waals surface area contributed by atoms with Crippen LogP contribution in [0.5, 0.6) is 11.5 Å². The van der Waals surface area contributed by atoms with E-state index in [1.165, 1.54) is 17.4 Å².